The van der Waals surface area contributed by atoms with E-state index in [0.29, 0.717) is 53.4 Å². The smallest absolute Gasteiger partial charge is 0.434 e. The van der Waals surface area contributed by atoms with Crippen LogP contribution in [0.4, 0.5) is 13.2 Å². The number of alkyl halides is 3. The van der Waals surface area contributed by atoms with Gasteiger partial charge >= 0.3 is 6.18 Å². The van der Waals surface area contributed by atoms with Crippen molar-refractivity contribution in [3.05, 3.63) is 45.9 Å². The first-order valence-electron chi connectivity index (χ1n) is 17.8. The number of hydrogen-bond acceptors (Lipinski definition) is 10. The highest BCUT2D eigenvalue weighted by molar-refractivity contribution is 9.10. The lowest BCUT2D eigenvalue weighted by atomic mass is 9.76. The van der Waals surface area contributed by atoms with Crippen LogP contribution in [0, 0.1) is 17.8 Å². The van der Waals surface area contributed by atoms with E-state index < -0.39 is 68.4 Å². The molecule has 0 bridgehead atoms. The summed E-state index contributed by atoms with van der Waals surface area (Å²) >= 11 is 4.29. The molecule has 18 heteroatoms. The second kappa shape index (κ2) is 14.7. The first kappa shape index (κ1) is 38.5. The molecule has 4 aliphatic rings. The van der Waals surface area contributed by atoms with Gasteiger partial charge in [-0.1, -0.05) is 12.2 Å². The Kier molecular flexibility index (Phi) is 10.5. The Bertz CT molecular complexity index is 2130. The number of halogens is 4. The summed E-state index contributed by atoms with van der Waals surface area (Å²) in [5.41, 5.74) is -2.05. The zero-order valence-electron chi connectivity index (χ0n) is 29.4. The fourth-order valence-electron chi connectivity index (χ4n) is 7.34. The Labute approximate surface area is 322 Å². The lowest BCUT2D eigenvalue weighted by Gasteiger charge is -2.37. The van der Waals surface area contributed by atoms with Gasteiger partial charge in [0.15, 0.2) is 5.69 Å². The summed E-state index contributed by atoms with van der Waals surface area (Å²) in [5.74, 6) is -2.94. The summed E-state index contributed by atoms with van der Waals surface area (Å²) in [6.45, 7) is 0.503. The van der Waals surface area contributed by atoms with Gasteiger partial charge in [0, 0.05) is 42.3 Å². The number of carbonyl (C=O) groups is 3. The summed E-state index contributed by atoms with van der Waals surface area (Å²) in [4.78, 5) is 52.0. The number of fused-ring (bicyclic) bond motifs is 3. The topological polar surface area (TPSA) is 157 Å². The van der Waals surface area contributed by atoms with Gasteiger partial charge in [-0.2, -0.15) is 13.2 Å². The van der Waals surface area contributed by atoms with E-state index in [1.807, 2.05) is 12.2 Å². The molecule has 0 unspecified atom stereocenters. The van der Waals surface area contributed by atoms with E-state index in [-0.39, 0.29) is 41.6 Å². The van der Waals surface area contributed by atoms with Gasteiger partial charge in [-0.05, 0) is 85.9 Å². The molecule has 2 aromatic heterocycles. The first-order chi connectivity index (χ1) is 25.6. The van der Waals surface area contributed by atoms with Crippen molar-refractivity contribution in [3.8, 4) is 22.2 Å². The van der Waals surface area contributed by atoms with Crippen LogP contribution >= 0.6 is 27.3 Å². The third kappa shape index (κ3) is 7.70. The summed E-state index contributed by atoms with van der Waals surface area (Å²) in [5, 5.41) is 3.71. The Morgan fingerprint density at radius 1 is 1.11 bits per heavy atom. The van der Waals surface area contributed by atoms with Crippen LogP contribution in [0.15, 0.2) is 40.2 Å². The number of sulfonamides is 1. The van der Waals surface area contributed by atoms with Crippen molar-refractivity contribution < 1.29 is 45.4 Å². The predicted octanol–water partition coefficient (Wildman–Crippen LogP) is 5.99. The van der Waals surface area contributed by atoms with Crippen molar-refractivity contribution in [1.82, 2.24) is 24.9 Å². The molecule has 3 amide bonds. The largest absolute Gasteiger partial charge is 0.495 e. The number of methoxy groups -OCH3 is 1. The maximum atomic E-state index is 14.4. The van der Waals surface area contributed by atoms with Crippen LogP contribution in [-0.2, 0) is 30.6 Å². The second-order valence-electron chi connectivity index (χ2n) is 14.4. The molecule has 2 N–H and O–H groups in total. The quantitative estimate of drug-likeness (QED) is 0.273. The number of allylic oxidation sites excluding steroid dienone is 1. The van der Waals surface area contributed by atoms with E-state index >= 15 is 0 Å². The van der Waals surface area contributed by atoms with Gasteiger partial charge < -0.3 is 19.7 Å². The number of thiazole rings is 1. The minimum atomic E-state index is -4.65. The lowest BCUT2D eigenvalue weighted by molar-refractivity contribution is -0.145. The van der Waals surface area contributed by atoms with Crippen LogP contribution in [0.5, 0.6) is 11.5 Å². The number of amides is 3. The maximum absolute atomic E-state index is 14.4. The maximum Gasteiger partial charge on any atom is 0.434 e. The van der Waals surface area contributed by atoms with Gasteiger partial charge in [-0.3, -0.25) is 19.1 Å². The van der Waals surface area contributed by atoms with Crippen LogP contribution in [0.1, 0.15) is 63.5 Å². The van der Waals surface area contributed by atoms with Crippen molar-refractivity contribution in [2.45, 2.75) is 80.9 Å². The number of rotatable bonds is 7. The molecular weight excluding hydrogens is 815 g/mol. The van der Waals surface area contributed by atoms with E-state index in [9.17, 15) is 36.0 Å². The first-order valence-corrected chi connectivity index (χ1v) is 21.0. The second-order valence-corrected chi connectivity index (χ2v) is 18.0. The Morgan fingerprint density at radius 2 is 1.89 bits per heavy atom. The molecule has 3 saturated carbocycles. The van der Waals surface area contributed by atoms with Gasteiger partial charge in [0.25, 0.3) is 5.91 Å². The lowest BCUT2D eigenvalue weighted by Crippen LogP contribution is -2.56. The number of nitrogens with zero attached hydrogens (tertiary/aromatic N) is 3. The highest BCUT2D eigenvalue weighted by Crippen LogP contribution is 2.47. The average molecular weight is 855 g/mol. The highest BCUT2D eigenvalue weighted by Gasteiger charge is 2.62. The molecule has 3 aromatic rings. The molecule has 3 aliphatic carbocycles. The normalized spacial score (nSPS) is 27.3. The number of ether oxygens (including phenoxy) is 2. The Balaban J connectivity index is 1.21. The zero-order valence-corrected chi connectivity index (χ0v) is 32.7. The van der Waals surface area contributed by atoms with Crippen molar-refractivity contribution in [2.24, 2.45) is 17.8 Å². The van der Waals surface area contributed by atoms with E-state index in [1.54, 1.807) is 24.1 Å². The molecule has 1 aliphatic heterocycles. The van der Waals surface area contributed by atoms with E-state index in [0.717, 1.165) is 29.6 Å². The molecule has 7 rings (SSSR count). The van der Waals surface area contributed by atoms with Crippen molar-refractivity contribution in [1.29, 1.82) is 0 Å². The van der Waals surface area contributed by atoms with E-state index in [1.165, 1.54) is 13.2 Å². The molecule has 1 aromatic carbocycles. The molecule has 12 nitrogen and oxygen atoms in total. The molecular formula is C36H39BrF3N5O7S2. The van der Waals surface area contributed by atoms with Crippen molar-refractivity contribution in [2.75, 3.05) is 20.7 Å². The van der Waals surface area contributed by atoms with Gasteiger partial charge in [0.2, 0.25) is 21.8 Å². The molecule has 54 heavy (non-hydrogen) atoms. The number of benzene rings is 1. The Hall–Kier alpha value is -3.77. The van der Waals surface area contributed by atoms with Gasteiger partial charge in [-0.15, -0.1) is 11.3 Å². The summed E-state index contributed by atoms with van der Waals surface area (Å²) in [7, 11) is -0.721. The summed E-state index contributed by atoms with van der Waals surface area (Å²) in [6.07, 6.45) is 2.60. The third-order valence-electron chi connectivity index (χ3n) is 10.7. The third-order valence-corrected chi connectivity index (χ3v) is 14.1. The fraction of sp³-hybridized carbons (Fsp3) is 0.528. The monoisotopic (exact) mass is 853 g/mol. The molecule has 3 heterocycles. The standard InChI is InChI=1S/C36H39BrF3N5O7S2/c1-45-14-6-4-3-5-7-19-17-35(19,34(48)44-54(49,50)21-9-10-21)43-31(46)24-15-20(8-11-22(24)33(45)47)52-27-16-25(32-42-28(18-53-32)36(38,39)40)41-30-23(27)12-13-26(51-2)29(30)37/h5,7,12-13,16,18-22,24H,3-4,6,8-11,14-15,17H2,1-2H3,(H,43,46)(H,44,48)/b7-5-/t19-,20+,22-,24-,35-/m1/s1. The summed E-state index contributed by atoms with van der Waals surface area (Å²) < 4.78 is 80.7. The van der Waals surface area contributed by atoms with Crippen LogP contribution < -0.4 is 19.5 Å². The minimum Gasteiger partial charge on any atom is -0.495 e. The zero-order chi connectivity index (χ0) is 38.6. The van der Waals surface area contributed by atoms with Crippen LogP contribution in [0.25, 0.3) is 21.6 Å². The van der Waals surface area contributed by atoms with E-state index in [4.69, 9.17) is 9.47 Å². The van der Waals surface area contributed by atoms with Crippen molar-refractivity contribution >= 4 is 65.9 Å². The molecule has 290 valence electrons. The van der Waals surface area contributed by atoms with Gasteiger partial charge in [0.1, 0.15) is 27.7 Å². The highest BCUT2D eigenvalue weighted by atomic mass is 79.9. The van der Waals surface area contributed by atoms with E-state index in [2.05, 4.69) is 35.9 Å². The molecule has 3 fully saturated rings. The van der Waals surface area contributed by atoms with Gasteiger partial charge in [0.05, 0.1) is 34.4 Å². The van der Waals surface area contributed by atoms with Crippen molar-refractivity contribution in [3.63, 3.8) is 0 Å². The number of carbonyl (C=O) groups excluding carboxylic acids is 3. The number of hydrogen-bond donors (Lipinski definition) is 2. The predicted molar refractivity (Wildman–Crippen MR) is 197 cm³/mol. The molecule has 0 saturated heterocycles. The van der Waals surface area contributed by atoms with Crippen LogP contribution in [-0.4, -0.2) is 78.6 Å². The Morgan fingerprint density at radius 3 is 2.59 bits per heavy atom. The number of pyridine rings is 1. The van der Waals surface area contributed by atoms with Crippen LogP contribution in [0.3, 0.4) is 0 Å². The average Bonchev–Trinajstić information content (AvgIpc) is 4.05. The fourth-order valence-corrected chi connectivity index (χ4v) is 10.1. The molecule has 0 radical (unpaired) electrons. The summed E-state index contributed by atoms with van der Waals surface area (Å²) in [6, 6.07) is 4.92. The SMILES string of the molecule is COc1ccc2c(O[C@H]3CC[C@H]4C(=O)N(C)CCCC/C=C\[C@@H]5C[C@@]5(C(=O)NS(=O)(=O)C5CC5)NC(=O)[C@@H]4C3)cc(-c3nc(C(F)(F)F)cs3)nc2c1Br. The number of nitrogens with one attached hydrogen (secondary N) is 2. The van der Waals surface area contributed by atoms with Crippen LogP contribution in [0.2, 0.25) is 0 Å². The van der Waals surface area contributed by atoms with Gasteiger partial charge in [-0.25, -0.2) is 18.4 Å². The number of aromatic nitrogens is 2. The molecule has 0 spiro atoms. The minimum absolute atomic E-state index is 0.0202. The molecule has 5 atom stereocenters.